The first-order valence-electron chi connectivity index (χ1n) is 22.1. The van der Waals surface area contributed by atoms with Crippen molar-refractivity contribution in [2.24, 2.45) is 0 Å². The summed E-state index contributed by atoms with van der Waals surface area (Å²) in [4.78, 5) is 50.2. The first-order valence-corrected chi connectivity index (χ1v) is 22.1. The number of carbonyl (C=O) groups excluding carboxylic acids is 2. The Balaban J connectivity index is 0.000000152. The van der Waals surface area contributed by atoms with Gasteiger partial charge in [0, 0.05) is 83.7 Å². The van der Waals surface area contributed by atoms with E-state index in [-0.39, 0.29) is 35.2 Å². The fourth-order valence-corrected chi connectivity index (χ4v) is 8.96. The van der Waals surface area contributed by atoms with Gasteiger partial charge in [-0.2, -0.15) is 10.2 Å². The number of nitrogens with zero attached hydrogens (tertiary/aromatic N) is 10. The third-order valence-corrected chi connectivity index (χ3v) is 12.4. The summed E-state index contributed by atoms with van der Waals surface area (Å²) in [5.74, 6) is 1.90. The highest BCUT2D eigenvalue weighted by Crippen LogP contribution is 2.41. The molecule has 12 rings (SSSR count). The standard InChI is InChI=1S/2C23H21FN8O3/c2*1-11-15(7-28-22-21(11)26-2-3-34-22)14-4-12-5-17(27-8-16(12)20(25)19(14)24)31-23(33)35-13-6-18-29-10-30-32(18)9-13/h2*4-5,7-8,10,13,26H,2-3,6,9,25H2,1H3,(H,27,31,33)/t2*13-/m10/s1. The molecule has 0 fully saturated rings. The lowest BCUT2D eigenvalue weighted by Gasteiger charge is -2.22. The highest BCUT2D eigenvalue weighted by molar-refractivity contribution is 6.01. The molecule has 8 aromatic rings. The van der Waals surface area contributed by atoms with Crippen LogP contribution in [0.25, 0.3) is 43.8 Å². The minimum Gasteiger partial charge on any atom is -0.474 e. The van der Waals surface area contributed by atoms with E-state index in [4.69, 9.17) is 30.4 Å². The first-order chi connectivity index (χ1) is 33.9. The van der Waals surface area contributed by atoms with Crippen LogP contribution in [-0.2, 0) is 35.4 Å². The number of ether oxygens (including phenoxy) is 4. The topological polar surface area (TPSA) is 284 Å². The summed E-state index contributed by atoms with van der Waals surface area (Å²) >= 11 is 0. The van der Waals surface area contributed by atoms with Crippen LogP contribution >= 0.6 is 0 Å². The monoisotopic (exact) mass is 952 g/mol. The summed E-state index contributed by atoms with van der Waals surface area (Å²) in [7, 11) is 0. The zero-order chi connectivity index (χ0) is 48.2. The van der Waals surface area contributed by atoms with Crippen LogP contribution in [0.15, 0.2) is 61.7 Å². The predicted octanol–water partition coefficient (Wildman–Crippen LogP) is 5.79. The molecule has 4 aliphatic heterocycles. The Labute approximate surface area is 395 Å². The van der Waals surface area contributed by atoms with Crippen molar-refractivity contribution in [3.63, 3.8) is 0 Å². The van der Waals surface area contributed by atoms with Gasteiger partial charge < -0.3 is 41.0 Å². The van der Waals surface area contributed by atoms with E-state index in [2.05, 4.69) is 61.4 Å². The molecule has 2 aromatic carbocycles. The Kier molecular flexibility index (Phi) is 11.0. The summed E-state index contributed by atoms with van der Waals surface area (Å²) in [5.41, 5.74) is 17.0. The fraction of sp³-hybridized carbons (Fsp3) is 0.261. The van der Waals surface area contributed by atoms with Gasteiger partial charge in [-0.05, 0) is 60.0 Å². The smallest absolute Gasteiger partial charge is 0.413 e. The van der Waals surface area contributed by atoms with Crippen molar-refractivity contribution in [1.82, 2.24) is 49.5 Å². The number of hydrogen-bond donors (Lipinski definition) is 6. The lowest BCUT2D eigenvalue weighted by molar-refractivity contribution is 0.108. The van der Waals surface area contributed by atoms with Crippen LogP contribution in [-0.4, -0.2) is 100 Å². The first kappa shape index (κ1) is 43.6. The molecule has 6 aromatic heterocycles. The van der Waals surface area contributed by atoms with E-state index in [1.807, 2.05) is 13.8 Å². The number of amides is 2. The molecule has 70 heavy (non-hydrogen) atoms. The minimum atomic E-state index is -0.649. The van der Waals surface area contributed by atoms with Gasteiger partial charge in [-0.25, -0.2) is 57.6 Å². The number of carbonyl (C=O) groups is 2. The van der Waals surface area contributed by atoms with Gasteiger partial charge in [0.2, 0.25) is 11.8 Å². The molecular formula is C46H42F2N16O6. The summed E-state index contributed by atoms with van der Waals surface area (Å²) < 4.78 is 56.1. The third kappa shape index (κ3) is 8.06. The molecule has 0 aliphatic carbocycles. The van der Waals surface area contributed by atoms with Crippen LogP contribution in [0, 0.1) is 25.5 Å². The number of rotatable bonds is 6. The normalized spacial score (nSPS) is 16.2. The fourth-order valence-electron chi connectivity index (χ4n) is 8.96. The Morgan fingerprint density at radius 1 is 0.643 bits per heavy atom. The number of pyridine rings is 4. The number of nitrogens with two attached hydrogens (primary N) is 2. The van der Waals surface area contributed by atoms with Crippen molar-refractivity contribution in [2.75, 3.05) is 59.0 Å². The summed E-state index contributed by atoms with van der Waals surface area (Å²) in [6.45, 7) is 6.94. The Bertz CT molecular complexity index is 3160. The van der Waals surface area contributed by atoms with Gasteiger partial charge in [0.05, 0.1) is 24.5 Å². The molecule has 2 atom stereocenters. The third-order valence-electron chi connectivity index (χ3n) is 12.4. The molecule has 22 nitrogen and oxygen atoms in total. The van der Waals surface area contributed by atoms with Crippen LogP contribution in [0.2, 0.25) is 0 Å². The number of halogens is 2. The van der Waals surface area contributed by atoms with Crippen molar-refractivity contribution < 1.29 is 37.3 Å². The van der Waals surface area contributed by atoms with Gasteiger partial charge in [0.15, 0.2) is 11.6 Å². The minimum absolute atomic E-state index is 0.0340. The van der Waals surface area contributed by atoms with E-state index in [9.17, 15) is 9.59 Å². The van der Waals surface area contributed by atoms with E-state index >= 15 is 8.78 Å². The number of aromatic nitrogens is 10. The average Bonchev–Trinajstić information content (AvgIpc) is 4.16. The molecular weight excluding hydrogens is 911 g/mol. The van der Waals surface area contributed by atoms with E-state index in [0.29, 0.717) is 108 Å². The van der Waals surface area contributed by atoms with Crippen molar-refractivity contribution in [2.45, 2.75) is 52.0 Å². The average molecular weight is 953 g/mol. The van der Waals surface area contributed by atoms with Gasteiger partial charge in [0.1, 0.15) is 72.7 Å². The second kappa shape index (κ2) is 17.6. The Morgan fingerprint density at radius 2 is 1.09 bits per heavy atom. The maximum atomic E-state index is 15.3. The highest BCUT2D eigenvalue weighted by Gasteiger charge is 2.29. The zero-order valence-corrected chi connectivity index (χ0v) is 37.4. The largest absolute Gasteiger partial charge is 0.474 e. The van der Waals surface area contributed by atoms with Crippen molar-refractivity contribution in [3.8, 4) is 34.0 Å². The van der Waals surface area contributed by atoms with Crippen molar-refractivity contribution >= 4 is 68.1 Å². The van der Waals surface area contributed by atoms with E-state index in [1.54, 1.807) is 46.0 Å². The SMILES string of the molecule is Cc1c(-c2cc3cc(NC(=O)O[C@@H]4Cc5ncnn5C4)ncc3c(N)c2F)cnc2c1NCCO2.Cc1c(-c2cc3cc(NC(=O)O[C@H]4Cc5ncnn5C4)ncc3c(N)c2F)cnc2c1NCCO2. The molecule has 0 unspecified atom stereocenters. The number of nitrogen functional groups attached to an aromatic ring is 2. The van der Waals surface area contributed by atoms with Crippen molar-refractivity contribution in [3.05, 3.63) is 96.1 Å². The summed E-state index contributed by atoms with van der Waals surface area (Å²) in [6, 6.07) is 6.58. The number of hydrogen-bond acceptors (Lipinski definition) is 18. The van der Waals surface area contributed by atoms with E-state index < -0.39 is 23.8 Å². The molecule has 10 heterocycles. The molecule has 0 radical (unpaired) electrons. The number of anilines is 6. The number of nitrogens with one attached hydrogen (secondary N) is 4. The second-order valence-electron chi connectivity index (χ2n) is 16.8. The highest BCUT2D eigenvalue weighted by atomic mass is 19.1. The van der Waals surface area contributed by atoms with Gasteiger partial charge in [0.25, 0.3) is 0 Å². The molecule has 0 saturated heterocycles. The molecule has 0 spiro atoms. The number of benzene rings is 2. The lowest BCUT2D eigenvalue weighted by Crippen LogP contribution is -2.24. The molecule has 0 saturated carbocycles. The van der Waals surface area contributed by atoms with Gasteiger partial charge in [-0.15, -0.1) is 0 Å². The van der Waals surface area contributed by atoms with Crippen LogP contribution in [0.4, 0.5) is 52.8 Å². The molecule has 2 amide bonds. The summed E-state index contributed by atoms with van der Waals surface area (Å²) in [5, 5.41) is 22.0. The Hall–Kier alpha value is -8.96. The second-order valence-corrected chi connectivity index (χ2v) is 16.8. The molecule has 24 heteroatoms. The van der Waals surface area contributed by atoms with Crippen molar-refractivity contribution in [1.29, 1.82) is 0 Å². The molecule has 356 valence electrons. The van der Waals surface area contributed by atoms with Gasteiger partial charge in [-0.3, -0.25) is 10.6 Å². The molecule has 8 N–H and O–H groups in total. The maximum absolute atomic E-state index is 15.3. The van der Waals surface area contributed by atoms with Crippen LogP contribution in [0.1, 0.15) is 22.8 Å². The lowest BCUT2D eigenvalue weighted by atomic mass is 9.97. The van der Waals surface area contributed by atoms with Crippen LogP contribution < -0.4 is 42.2 Å². The maximum Gasteiger partial charge on any atom is 0.413 e. The zero-order valence-electron chi connectivity index (χ0n) is 37.4. The van der Waals surface area contributed by atoms with Crippen LogP contribution in [0.3, 0.4) is 0 Å². The molecule has 4 aliphatic rings. The number of fused-ring (bicyclic) bond motifs is 6. The van der Waals surface area contributed by atoms with Crippen LogP contribution in [0.5, 0.6) is 11.8 Å². The van der Waals surface area contributed by atoms with E-state index in [1.165, 1.54) is 25.0 Å². The van der Waals surface area contributed by atoms with Gasteiger partial charge in [-0.1, -0.05) is 0 Å². The quantitative estimate of drug-likeness (QED) is 0.108. The predicted molar refractivity (Wildman–Crippen MR) is 251 cm³/mol. The van der Waals surface area contributed by atoms with E-state index in [0.717, 1.165) is 34.2 Å². The Morgan fingerprint density at radius 3 is 1.51 bits per heavy atom. The molecule has 0 bridgehead atoms. The summed E-state index contributed by atoms with van der Waals surface area (Å²) in [6.07, 6.45) is 7.91. The van der Waals surface area contributed by atoms with Gasteiger partial charge >= 0.3 is 12.2 Å².